The number of hydrogen-bond donors (Lipinski definition) is 2. The molecule has 244 valence electrons. The number of alkyl halides is 3. The Morgan fingerprint density at radius 3 is 2.04 bits per heavy atom. The number of anilines is 1. The molecular weight excluding hydrogens is 589 g/mol. The molecule has 6 nitrogen and oxygen atoms in total. The third kappa shape index (κ3) is 6.80. The van der Waals surface area contributed by atoms with Crippen molar-refractivity contribution in [2.75, 3.05) is 44.2 Å². The van der Waals surface area contributed by atoms with Crippen LogP contribution < -0.4 is 15.5 Å². The molecular formula is C37H43F3N4O2. The van der Waals surface area contributed by atoms with Crippen molar-refractivity contribution in [3.63, 3.8) is 0 Å². The van der Waals surface area contributed by atoms with E-state index in [0.717, 1.165) is 98.3 Å². The van der Waals surface area contributed by atoms with E-state index < -0.39 is 24.0 Å². The average molecular weight is 633 g/mol. The predicted octanol–water partition coefficient (Wildman–Crippen LogP) is 6.69. The number of piperidine rings is 2. The summed E-state index contributed by atoms with van der Waals surface area (Å²) in [4.78, 5) is 31.7. The predicted molar refractivity (Wildman–Crippen MR) is 175 cm³/mol. The van der Waals surface area contributed by atoms with E-state index >= 15 is 0 Å². The first kappa shape index (κ1) is 32.1. The van der Waals surface area contributed by atoms with Gasteiger partial charge in [0.15, 0.2) is 0 Å². The van der Waals surface area contributed by atoms with Gasteiger partial charge in [0.2, 0.25) is 5.91 Å². The molecule has 2 aliphatic heterocycles. The monoisotopic (exact) mass is 632 g/mol. The minimum Gasteiger partial charge on any atom is -0.371 e. The van der Waals surface area contributed by atoms with Gasteiger partial charge in [-0.05, 0) is 85.9 Å². The number of nitrogens with zero attached hydrogens (tertiary/aromatic N) is 2. The number of unbranched alkanes of at least 4 members (excludes halogenated alkanes) is 1. The van der Waals surface area contributed by atoms with Crippen molar-refractivity contribution < 1.29 is 22.8 Å². The van der Waals surface area contributed by atoms with E-state index in [2.05, 4.69) is 26.5 Å². The Kier molecular flexibility index (Phi) is 9.68. The van der Waals surface area contributed by atoms with Gasteiger partial charge in [0, 0.05) is 37.9 Å². The molecule has 6 rings (SSSR count). The summed E-state index contributed by atoms with van der Waals surface area (Å²) in [6.07, 6.45) is 2.71. The van der Waals surface area contributed by atoms with Crippen LogP contribution in [-0.2, 0) is 10.2 Å². The number of hydrogen-bond acceptors (Lipinski definition) is 4. The Morgan fingerprint density at radius 2 is 1.39 bits per heavy atom. The quantitative estimate of drug-likeness (QED) is 0.245. The first-order valence-corrected chi connectivity index (χ1v) is 16.7. The van der Waals surface area contributed by atoms with Crippen LogP contribution in [0.5, 0.6) is 0 Å². The third-order valence-electron chi connectivity index (χ3n) is 9.95. The maximum absolute atomic E-state index is 13.7. The number of likely N-dealkylation sites (tertiary alicyclic amines) is 1. The van der Waals surface area contributed by atoms with Crippen molar-refractivity contribution in [3.8, 4) is 11.1 Å². The zero-order valence-electron chi connectivity index (χ0n) is 26.2. The van der Waals surface area contributed by atoms with Gasteiger partial charge in [0.25, 0.3) is 5.91 Å². The van der Waals surface area contributed by atoms with Crippen molar-refractivity contribution in [2.45, 2.75) is 69.0 Å². The average Bonchev–Trinajstić information content (AvgIpc) is 3.37. The second-order valence-electron chi connectivity index (χ2n) is 12.9. The molecule has 0 spiro atoms. The van der Waals surface area contributed by atoms with Gasteiger partial charge in [-0.2, -0.15) is 13.2 Å². The van der Waals surface area contributed by atoms with Crippen LogP contribution >= 0.6 is 0 Å². The SMILES string of the molecule is O=C(NC1CCN(CCCCC2(C(=O)NCC(F)(F)F)c3ccccc3-c3ccccc32)CC1)c1ccccc1N1CCCCC1. The first-order chi connectivity index (χ1) is 22.3. The van der Waals surface area contributed by atoms with Crippen molar-refractivity contribution >= 4 is 17.5 Å². The Balaban J connectivity index is 1.05. The molecule has 3 aromatic carbocycles. The van der Waals surface area contributed by atoms with E-state index in [4.69, 9.17) is 0 Å². The Hall–Kier alpha value is -3.85. The first-order valence-electron chi connectivity index (χ1n) is 16.7. The van der Waals surface area contributed by atoms with Crippen LogP contribution in [0.3, 0.4) is 0 Å². The molecule has 9 heteroatoms. The van der Waals surface area contributed by atoms with Gasteiger partial charge in [-0.3, -0.25) is 9.59 Å². The maximum Gasteiger partial charge on any atom is 0.405 e. The lowest BCUT2D eigenvalue weighted by Gasteiger charge is -2.34. The van der Waals surface area contributed by atoms with E-state index in [9.17, 15) is 22.8 Å². The zero-order valence-corrected chi connectivity index (χ0v) is 26.2. The number of fused-ring (bicyclic) bond motifs is 3. The lowest BCUT2D eigenvalue weighted by molar-refractivity contribution is -0.141. The lowest BCUT2D eigenvalue weighted by atomic mass is 9.73. The molecule has 2 N–H and O–H groups in total. The molecule has 0 radical (unpaired) electrons. The highest BCUT2D eigenvalue weighted by molar-refractivity contribution is 6.01. The standard InChI is InChI=1S/C37H43F3N4O2/c38-37(39,40)26-41-35(46)36(31-15-5-2-12-28(31)29-13-3-6-16-32(29)36)20-8-11-21-43-24-18-27(19-25-43)42-34(45)30-14-4-7-17-33(30)44-22-9-1-10-23-44/h2-7,12-17,27H,1,8-11,18-26H2,(H,41,46)(H,42,45). The van der Waals surface area contributed by atoms with Gasteiger partial charge in [0.1, 0.15) is 12.0 Å². The van der Waals surface area contributed by atoms with Crippen LogP contribution in [0.1, 0.15) is 72.9 Å². The lowest BCUT2D eigenvalue weighted by Crippen LogP contribution is -2.47. The van der Waals surface area contributed by atoms with Crippen LogP contribution in [0, 0.1) is 0 Å². The summed E-state index contributed by atoms with van der Waals surface area (Å²) < 4.78 is 39.5. The zero-order chi connectivity index (χ0) is 32.1. The number of carbonyl (C=O) groups is 2. The second kappa shape index (κ2) is 13.9. The summed E-state index contributed by atoms with van der Waals surface area (Å²) in [5, 5.41) is 5.50. The van der Waals surface area contributed by atoms with Gasteiger partial charge in [-0.1, -0.05) is 67.1 Å². The molecule has 0 bridgehead atoms. The Bertz CT molecular complexity index is 1480. The van der Waals surface area contributed by atoms with Crippen LogP contribution in [0.15, 0.2) is 72.8 Å². The summed E-state index contributed by atoms with van der Waals surface area (Å²) in [6, 6.07) is 23.2. The minimum absolute atomic E-state index is 0.00847. The smallest absolute Gasteiger partial charge is 0.371 e. The highest BCUT2D eigenvalue weighted by atomic mass is 19.4. The van der Waals surface area contributed by atoms with Crippen LogP contribution in [-0.4, -0.2) is 68.2 Å². The molecule has 46 heavy (non-hydrogen) atoms. The number of nitrogens with one attached hydrogen (secondary N) is 2. The summed E-state index contributed by atoms with van der Waals surface area (Å²) in [6.45, 7) is 3.18. The molecule has 3 aromatic rings. The largest absolute Gasteiger partial charge is 0.405 e. The topological polar surface area (TPSA) is 64.7 Å². The third-order valence-corrected chi connectivity index (χ3v) is 9.95. The summed E-state index contributed by atoms with van der Waals surface area (Å²) >= 11 is 0. The van der Waals surface area contributed by atoms with E-state index in [-0.39, 0.29) is 11.9 Å². The highest BCUT2D eigenvalue weighted by Crippen LogP contribution is 2.51. The molecule has 0 unspecified atom stereocenters. The molecule has 3 aliphatic rings. The summed E-state index contributed by atoms with van der Waals surface area (Å²) in [7, 11) is 0. The normalized spacial score (nSPS) is 18.1. The molecule has 0 saturated carbocycles. The number of carbonyl (C=O) groups excluding carboxylic acids is 2. The van der Waals surface area contributed by atoms with Crippen molar-refractivity contribution in [1.29, 1.82) is 0 Å². The Morgan fingerprint density at radius 1 is 0.783 bits per heavy atom. The van der Waals surface area contributed by atoms with Crippen molar-refractivity contribution in [2.24, 2.45) is 0 Å². The van der Waals surface area contributed by atoms with E-state index in [1.54, 1.807) is 0 Å². The minimum atomic E-state index is -4.49. The van der Waals surface area contributed by atoms with Gasteiger partial charge in [0.05, 0.1) is 5.56 Å². The second-order valence-corrected chi connectivity index (χ2v) is 12.9. The van der Waals surface area contributed by atoms with Crippen molar-refractivity contribution in [3.05, 3.63) is 89.5 Å². The fourth-order valence-corrected chi connectivity index (χ4v) is 7.65. The number of benzene rings is 3. The van der Waals surface area contributed by atoms with E-state index in [0.29, 0.717) is 12.8 Å². The molecule has 2 amide bonds. The highest BCUT2D eigenvalue weighted by Gasteiger charge is 2.49. The van der Waals surface area contributed by atoms with Gasteiger partial charge < -0.3 is 20.4 Å². The fourth-order valence-electron chi connectivity index (χ4n) is 7.65. The summed E-state index contributed by atoms with van der Waals surface area (Å²) in [5.41, 5.74) is 3.96. The fraction of sp³-hybridized carbons (Fsp3) is 0.459. The van der Waals surface area contributed by atoms with Crippen LogP contribution in [0.2, 0.25) is 0 Å². The van der Waals surface area contributed by atoms with E-state index in [1.807, 2.05) is 66.7 Å². The van der Waals surface area contributed by atoms with Gasteiger partial charge in [-0.15, -0.1) is 0 Å². The van der Waals surface area contributed by atoms with Crippen LogP contribution in [0.4, 0.5) is 18.9 Å². The molecule has 0 atom stereocenters. The van der Waals surface area contributed by atoms with Gasteiger partial charge >= 0.3 is 6.18 Å². The molecule has 2 saturated heterocycles. The molecule has 2 heterocycles. The van der Waals surface area contributed by atoms with Crippen LogP contribution in [0.25, 0.3) is 11.1 Å². The summed E-state index contributed by atoms with van der Waals surface area (Å²) in [5.74, 6) is -0.605. The van der Waals surface area contributed by atoms with Gasteiger partial charge in [-0.25, -0.2) is 0 Å². The Labute approximate surface area is 269 Å². The van der Waals surface area contributed by atoms with Crippen molar-refractivity contribution in [1.82, 2.24) is 15.5 Å². The number of halogens is 3. The number of para-hydroxylation sites is 1. The molecule has 0 aromatic heterocycles. The van der Waals surface area contributed by atoms with E-state index in [1.165, 1.54) is 6.42 Å². The molecule has 1 aliphatic carbocycles. The maximum atomic E-state index is 13.7. The number of rotatable bonds is 10. The number of amides is 2. The molecule has 2 fully saturated rings.